The Morgan fingerprint density at radius 1 is 1.13 bits per heavy atom. The van der Waals surface area contributed by atoms with Gasteiger partial charge in [0, 0.05) is 11.4 Å². The first kappa shape index (κ1) is 17.8. The van der Waals surface area contributed by atoms with E-state index in [4.69, 9.17) is 4.74 Å². The van der Waals surface area contributed by atoms with Crippen LogP contribution in [0.3, 0.4) is 0 Å². The smallest absolute Gasteiger partial charge is 0.240 e. The normalized spacial score (nSPS) is 11.7. The van der Waals surface area contributed by atoms with Crippen molar-refractivity contribution in [2.75, 3.05) is 6.26 Å². The summed E-state index contributed by atoms with van der Waals surface area (Å²) in [5.41, 5.74) is 0.854. The van der Waals surface area contributed by atoms with Gasteiger partial charge in [0.05, 0.1) is 11.0 Å². The maximum Gasteiger partial charge on any atom is 0.240 e. The molecule has 0 aliphatic rings. The second kappa shape index (κ2) is 7.86. The molecular weight excluding hydrogens is 330 g/mol. The highest BCUT2D eigenvalue weighted by molar-refractivity contribution is 7.98. The second-order valence-electron chi connectivity index (χ2n) is 5.31. The summed E-state index contributed by atoms with van der Waals surface area (Å²) in [7, 11) is -3.52. The molecule has 2 aromatic carbocycles. The largest absolute Gasteiger partial charge is 0.491 e. The molecule has 0 aliphatic heterocycles. The van der Waals surface area contributed by atoms with Crippen LogP contribution >= 0.6 is 11.8 Å². The standard InChI is InChI=1S/C17H21NO3S2/c1-13(2)21-15-6-4-5-14(11-15)12-18-23(19,20)17-9-7-16(22-3)8-10-17/h4-11,13,18H,12H2,1-3H3. The summed E-state index contributed by atoms with van der Waals surface area (Å²) in [5, 5.41) is 0. The van der Waals surface area contributed by atoms with Crippen LogP contribution in [-0.4, -0.2) is 20.8 Å². The molecule has 0 aromatic heterocycles. The SMILES string of the molecule is CSc1ccc(S(=O)(=O)NCc2cccc(OC(C)C)c2)cc1. The van der Waals surface area contributed by atoms with Gasteiger partial charge in [0.2, 0.25) is 10.0 Å². The number of benzene rings is 2. The molecule has 4 nitrogen and oxygen atoms in total. The second-order valence-corrected chi connectivity index (χ2v) is 7.96. The summed E-state index contributed by atoms with van der Waals surface area (Å²) < 4.78 is 32.9. The molecule has 2 aromatic rings. The van der Waals surface area contributed by atoms with Crippen LogP contribution in [-0.2, 0) is 16.6 Å². The summed E-state index contributed by atoms with van der Waals surface area (Å²) in [6, 6.07) is 14.3. The lowest BCUT2D eigenvalue weighted by atomic mass is 10.2. The number of hydrogen-bond donors (Lipinski definition) is 1. The van der Waals surface area contributed by atoms with Crippen molar-refractivity contribution in [3.63, 3.8) is 0 Å². The van der Waals surface area contributed by atoms with Crippen LogP contribution in [0.15, 0.2) is 58.3 Å². The van der Waals surface area contributed by atoms with E-state index in [1.54, 1.807) is 36.0 Å². The Balaban J connectivity index is 2.06. The highest BCUT2D eigenvalue weighted by Gasteiger charge is 2.13. The van der Waals surface area contributed by atoms with Crippen LogP contribution in [0.4, 0.5) is 0 Å². The topological polar surface area (TPSA) is 55.4 Å². The molecule has 0 atom stereocenters. The van der Waals surface area contributed by atoms with Gasteiger partial charge in [0.25, 0.3) is 0 Å². The minimum absolute atomic E-state index is 0.0805. The summed E-state index contributed by atoms with van der Waals surface area (Å²) in [6.07, 6.45) is 2.03. The molecule has 0 unspecified atom stereocenters. The van der Waals surface area contributed by atoms with E-state index in [9.17, 15) is 8.42 Å². The third kappa shape index (κ3) is 5.27. The van der Waals surface area contributed by atoms with Crippen molar-refractivity contribution >= 4 is 21.8 Å². The Hall–Kier alpha value is -1.50. The molecule has 0 aliphatic carbocycles. The zero-order chi connectivity index (χ0) is 16.9. The molecule has 0 saturated carbocycles. The number of ether oxygens (including phenoxy) is 1. The van der Waals surface area contributed by atoms with Gasteiger partial charge in [-0.15, -0.1) is 11.8 Å². The molecule has 1 N–H and O–H groups in total. The van der Waals surface area contributed by atoms with E-state index in [1.807, 2.05) is 44.4 Å². The number of nitrogens with one attached hydrogen (secondary N) is 1. The highest BCUT2D eigenvalue weighted by Crippen LogP contribution is 2.18. The minimum Gasteiger partial charge on any atom is -0.491 e. The maximum absolute atomic E-state index is 12.3. The quantitative estimate of drug-likeness (QED) is 0.773. The van der Waals surface area contributed by atoms with Crippen molar-refractivity contribution < 1.29 is 13.2 Å². The van der Waals surface area contributed by atoms with Crippen LogP contribution in [0.2, 0.25) is 0 Å². The maximum atomic E-state index is 12.3. The molecule has 0 saturated heterocycles. The fourth-order valence-corrected chi connectivity index (χ4v) is 3.44. The van der Waals surface area contributed by atoms with Gasteiger partial charge in [0.1, 0.15) is 5.75 Å². The van der Waals surface area contributed by atoms with Crippen molar-refractivity contribution in [3.05, 3.63) is 54.1 Å². The van der Waals surface area contributed by atoms with E-state index < -0.39 is 10.0 Å². The van der Waals surface area contributed by atoms with Crippen LogP contribution in [0, 0.1) is 0 Å². The lowest BCUT2D eigenvalue weighted by Crippen LogP contribution is -2.23. The van der Waals surface area contributed by atoms with Gasteiger partial charge in [-0.3, -0.25) is 0 Å². The van der Waals surface area contributed by atoms with Gasteiger partial charge in [-0.1, -0.05) is 12.1 Å². The Morgan fingerprint density at radius 2 is 1.83 bits per heavy atom. The average Bonchev–Trinajstić information content (AvgIpc) is 2.53. The third-order valence-electron chi connectivity index (χ3n) is 3.11. The van der Waals surface area contributed by atoms with Crippen molar-refractivity contribution in [2.24, 2.45) is 0 Å². The zero-order valence-corrected chi connectivity index (χ0v) is 15.1. The van der Waals surface area contributed by atoms with Crippen LogP contribution < -0.4 is 9.46 Å². The first-order chi connectivity index (χ1) is 10.9. The predicted molar refractivity (Wildman–Crippen MR) is 94.5 cm³/mol. The Morgan fingerprint density at radius 3 is 2.43 bits per heavy atom. The molecule has 0 bridgehead atoms. The van der Waals surface area contributed by atoms with Crippen molar-refractivity contribution in [1.29, 1.82) is 0 Å². The first-order valence-electron chi connectivity index (χ1n) is 7.30. The van der Waals surface area contributed by atoms with Gasteiger partial charge < -0.3 is 4.74 Å². The van der Waals surface area contributed by atoms with Gasteiger partial charge in [-0.05, 0) is 62.1 Å². The number of sulfonamides is 1. The molecule has 0 fully saturated rings. The monoisotopic (exact) mass is 351 g/mol. The Labute approximate surface area is 142 Å². The fourth-order valence-electron chi connectivity index (χ4n) is 2.02. The summed E-state index contributed by atoms with van der Waals surface area (Å²) in [5.74, 6) is 0.737. The van der Waals surface area contributed by atoms with Gasteiger partial charge >= 0.3 is 0 Å². The molecule has 0 heterocycles. The Bertz CT molecular complexity index is 741. The van der Waals surface area contributed by atoms with Crippen LogP contribution in [0.1, 0.15) is 19.4 Å². The zero-order valence-electron chi connectivity index (χ0n) is 13.4. The highest BCUT2D eigenvalue weighted by atomic mass is 32.2. The predicted octanol–water partition coefficient (Wildman–Crippen LogP) is 3.67. The van der Waals surface area contributed by atoms with Crippen molar-refractivity contribution in [1.82, 2.24) is 4.72 Å². The Kier molecular flexibility index (Phi) is 6.10. The van der Waals surface area contributed by atoms with Gasteiger partial charge in [-0.2, -0.15) is 0 Å². The van der Waals surface area contributed by atoms with E-state index in [2.05, 4.69) is 4.72 Å². The summed E-state index contributed by atoms with van der Waals surface area (Å²) >= 11 is 1.58. The first-order valence-corrected chi connectivity index (χ1v) is 10.0. The molecule has 0 radical (unpaired) electrons. The third-order valence-corrected chi connectivity index (χ3v) is 5.27. The van der Waals surface area contributed by atoms with Crippen LogP contribution in [0.25, 0.3) is 0 Å². The van der Waals surface area contributed by atoms with Crippen molar-refractivity contribution in [3.8, 4) is 5.75 Å². The van der Waals surface area contributed by atoms with Crippen LogP contribution in [0.5, 0.6) is 5.75 Å². The average molecular weight is 351 g/mol. The number of thioether (sulfide) groups is 1. The van der Waals surface area contributed by atoms with E-state index in [0.717, 1.165) is 16.2 Å². The molecule has 23 heavy (non-hydrogen) atoms. The summed E-state index contributed by atoms with van der Waals surface area (Å²) in [6.45, 7) is 4.13. The molecule has 0 amide bonds. The van der Waals surface area contributed by atoms with E-state index >= 15 is 0 Å². The molecule has 124 valence electrons. The lowest BCUT2D eigenvalue weighted by molar-refractivity contribution is 0.242. The number of hydrogen-bond acceptors (Lipinski definition) is 4. The molecule has 2 rings (SSSR count). The van der Waals surface area contributed by atoms with Gasteiger partial charge in [0.15, 0.2) is 0 Å². The van der Waals surface area contributed by atoms with E-state index in [1.165, 1.54) is 0 Å². The molecule has 0 spiro atoms. The minimum atomic E-state index is -3.52. The molecular formula is C17H21NO3S2. The van der Waals surface area contributed by atoms with Gasteiger partial charge in [-0.25, -0.2) is 13.1 Å². The summed E-state index contributed by atoms with van der Waals surface area (Å²) in [4.78, 5) is 1.30. The number of rotatable bonds is 7. The van der Waals surface area contributed by atoms with Crippen molar-refractivity contribution in [2.45, 2.75) is 36.3 Å². The lowest BCUT2D eigenvalue weighted by Gasteiger charge is -2.11. The van der Waals surface area contributed by atoms with E-state index in [-0.39, 0.29) is 17.5 Å². The fraction of sp³-hybridized carbons (Fsp3) is 0.294. The molecule has 6 heteroatoms. The van der Waals surface area contributed by atoms with E-state index in [0.29, 0.717) is 0 Å².